The summed E-state index contributed by atoms with van der Waals surface area (Å²) in [5.74, 6) is -2.07. The van der Waals surface area contributed by atoms with E-state index in [9.17, 15) is 18.0 Å². The highest BCUT2D eigenvalue weighted by atomic mass is 32.1. The minimum Gasteiger partial charge on any atom is -0.349 e. The molecule has 0 aliphatic carbocycles. The Kier molecular flexibility index (Phi) is 5.37. The fourth-order valence-electron chi connectivity index (χ4n) is 2.53. The molecule has 0 saturated heterocycles. The lowest BCUT2D eigenvalue weighted by molar-refractivity contribution is -0.121. The second-order valence-corrected chi connectivity index (χ2v) is 6.64. The van der Waals surface area contributed by atoms with E-state index in [1.807, 2.05) is 0 Å². The molecule has 0 aliphatic heterocycles. The summed E-state index contributed by atoms with van der Waals surface area (Å²) in [5.41, 5.74) is 1.39. The zero-order valence-corrected chi connectivity index (χ0v) is 14.6. The van der Waals surface area contributed by atoms with Crippen molar-refractivity contribution in [3.63, 3.8) is 0 Å². The van der Waals surface area contributed by atoms with Crippen molar-refractivity contribution in [3.8, 4) is 10.6 Å². The first-order valence-electron chi connectivity index (χ1n) is 7.87. The van der Waals surface area contributed by atoms with E-state index >= 15 is 0 Å². The lowest BCUT2D eigenvalue weighted by atomic mass is 10.1. The predicted octanol–water partition coefficient (Wildman–Crippen LogP) is 4.65. The lowest BCUT2D eigenvalue weighted by Gasteiger charge is -2.14. The van der Waals surface area contributed by atoms with Crippen molar-refractivity contribution in [2.75, 3.05) is 0 Å². The largest absolute Gasteiger partial charge is 0.349 e. The van der Waals surface area contributed by atoms with Gasteiger partial charge in [0.05, 0.1) is 18.2 Å². The number of nitrogens with one attached hydrogen (secondary N) is 1. The molecule has 7 heteroatoms. The minimum atomic E-state index is -0.708. The topological polar surface area (TPSA) is 42.0 Å². The van der Waals surface area contributed by atoms with Crippen LogP contribution in [0.1, 0.15) is 24.2 Å². The van der Waals surface area contributed by atoms with Crippen molar-refractivity contribution in [3.05, 3.63) is 76.6 Å². The number of carbonyl (C=O) groups excluding carboxylic acids is 1. The van der Waals surface area contributed by atoms with Gasteiger partial charge in [0.25, 0.3) is 0 Å². The van der Waals surface area contributed by atoms with Crippen molar-refractivity contribution in [1.29, 1.82) is 0 Å². The van der Waals surface area contributed by atoms with Gasteiger partial charge in [-0.2, -0.15) is 0 Å². The van der Waals surface area contributed by atoms with Gasteiger partial charge in [-0.1, -0.05) is 18.2 Å². The zero-order valence-electron chi connectivity index (χ0n) is 13.8. The number of hydrogen-bond donors (Lipinski definition) is 1. The van der Waals surface area contributed by atoms with Crippen LogP contribution in [0.15, 0.2) is 47.8 Å². The Bertz CT molecular complexity index is 942. The van der Waals surface area contributed by atoms with E-state index in [1.54, 1.807) is 24.4 Å². The summed E-state index contributed by atoms with van der Waals surface area (Å²) in [4.78, 5) is 16.5. The van der Waals surface area contributed by atoms with Crippen LogP contribution in [-0.2, 0) is 11.2 Å². The highest BCUT2D eigenvalue weighted by molar-refractivity contribution is 7.13. The summed E-state index contributed by atoms with van der Waals surface area (Å²) in [6.45, 7) is 1.62. The highest BCUT2D eigenvalue weighted by Gasteiger charge is 2.16. The number of rotatable bonds is 5. The number of hydrogen-bond acceptors (Lipinski definition) is 3. The Hall–Kier alpha value is -2.67. The molecule has 0 fully saturated rings. The van der Waals surface area contributed by atoms with Crippen LogP contribution >= 0.6 is 11.3 Å². The monoisotopic (exact) mass is 376 g/mol. The molecular formula is C19H15F3N2OS. The van der Waals surface area contributed by atoms with Gasteiger partial charge in [0.1, 0.15) is 22.5 Å². The summed E-state index contributed by atoms with van der Waals surface area (Å²) in [6, 6.07) is 8.69. The number of aromatic nitrogens is 1. The molecule has 1 atom stereocenters. The van der Waals surface area contributed by atoms with Crippen LogP contribution in [0.3, 0.4) is 0 Å². The highest BCUT2D eigenvalue weighted by Crippen LogP contribution is 2.24. The molecule has 1 amide bonds. The van der Waals surface area contributed by atoms with Gasteiger partial charge < -0.3 is 5.32 Å². The molecule has 0 unspecified atom stereocenters. The van der Waals surface area contributed by atoms with Crippen LogP contribution in [0, 0.1) is 17.5 Å². The average Bonchev–Trinajstić information content (AvgIpc) is 3.03. The average molecular weight is 376 g/mol. The van der Waals surface area contributed by atoms with Crippen LogP contribution < -0.4 is 5.32 Å². The van der Waals surface area contributed by atoms with E-state index < -0.39 is 17.7 Å². The normalized spacial score (nSPS) is 12.0. The van der Waals surface area contributed by atoms with Crippen molar-refractivity contribution in [2.24, 2.45) is 0 Å². The maximum absolute atomic E-state index is 13.8. The smallest absolute Gasteiger partial charge is 0.226 e. The van der Waals surface area contributed by atoms with E-state index in [0.717, 1.165) is 12.1 Å². The van der Waals surface area contributed by atoms with Crippen LogP contribution in [-0.4, -0.2) is 10.9 Å². The third kappa shape index (κ3) is 4.29. The Morgan fingerprint density at radius 2 is 1.92 bits per heavy atom. The van der Waals surface area contributed by atoms with Crippen molar-refractivity contribution in [2.45, 2.75) is 19.4 Å². The van der Waals surface area contributed by atoms with Crippen LogP contribution in [0.2, 0.25) is 0 Å². The van der Waals surface area contributed by atoms with Crippen LogP contribution in [0.25, 0.3) is 10.6 Å². The Balaban J connectivity index is 1.65. The second-order valence-electron chi connectivity index (χ2n) is 5.79. The number of halogens is 3. The lowest BCUT2D eigenvalue weighted by Crippen LogP contribution is -2.28. The van der Waals surface area contributed by atoms with Gasteiger partial charge in [-0.05, 0) is 25.1 Å². The summed E-state index contributed by atoms with van der Waals surface area (Å²) < 4.78 is 40.0. The Labute approximate surface area is 152 Å². The first-order valence-corrected chi connectivity index (χ1v) is 8.75. The second kappa shape index (κ2) is 7.70. The summed E-state index contributed by atoms with van der Waals surface area (Å²) in [5, 5.41) is 5.01. The first kappa shape index (κ1) is 18.1. The maximum atomic E-state index is 13.8. The van der Waals surface area contributed by atoms with Gasteiger partial charge in [0.15, 0.2) is 0 Å². The number of carbonyl (C=O) groups is 1. The summed E-state index contributed by atoms with van der Waals surface area (Å²) in [6.07, 6.45) is 0.0129. The molecule has 0 aliphatic rings. The number of thiazole rings is 1. The van der Waals surface area contributed by atoms with Crippen molar-refractivity contribution >= 4 is 17.2 Å². The molecule has 1 aromatic heterocycles. The molecule has 0 spiro atoms. The molecule has 0 radical (unpaired) electrons. The summed E-state index contributed by atoms with van der Waals surface area (Å²) in [7, 11) is 0. The van der Waals surface area contributed by atoms with E-state index in [0.29, 0.717) is 16.3 Å². The molecule has 1 heterocycles. The number of amides is 1. The molecule has 0 saturated carbocycles. The third-order valence-electron chi connectivity index (χ3n) is 3.77. The molecule has 26 heavy (non-hydrogen) atoms. The van der Waals surface area contributed by atoms with Crippen molar-refractivity contribution < 1.29 is 18.0 Å². The fraction of sp³-hybridized carbons (Fsp3) is 0.158. The van der Waals surface area contributed by atoms with Gasteiger partial charge in [0, 0.05) is 22.6 Å². The molecule has 0 bridgehead atoms. The van der Waals surface area contributed by atoms with Gasteiger partial charge in [-0.15, -0.1) is 11.3 Å². The molecular weight excluding hydrogens is 361 g/mol. The van der Waals surface area contributed by atoms with E-state index in [2.05, 4.69) is 10.3 Å². The van der Waals surface area contributed by atoms with Gasteiger partial charge in [0.2, 0.25) is 5.91 Å². The first-order chi connectivity index (χ1) is 12.4. The Morgan fingerprint density at radius 1 is 1.15 bits per heavy atom. The standard InChI is InChI=1S/C19H15F3N2OS/c1-11(16-6-5-14(21)8-17(16)22)23-18(25)9-15-10-26-19(24-15)12-3-2-4-13(20)7-12/h2-8,10-11H,9H2,1H3,(H,23,25)/t11-/m0/s1. The molecule has 3 nitrogen and oxygen atoms in total. The SMILES string of the molecule is C[C@H](NC(=O)Cc1csc(-c2cccc(F)c2)n1)c1ccc(F)cc1F. The van der Waals surface area contributed by atoms with E-state index in [4.69, 9.17) is 0 Å². The van der Waals surface area contributed by atoms with E-state index in [-0.39, 0.29) is 23.7 Å². The van der Waals surface area contributed by atoms with Gasteiger partial charge >= 0.3 is 0 Å². The fourth-order valence-corrected chi connectivity index (χ4v) is 3.35. The molecule has 3 aromatic rings. The zero-order chi connectivity index (χ0) is 18.7. The van der Waals surface area contributed by atoms with Crippen LogP contribution in [0.4, 0.5) is 13.2 Å². The molecule has 134 valence electrons. The van der Waals surface area contributed by atoms with Crippen molar-refractivity contribution in [1.82, 2.24) is 10.3 Å². The van der Waals surface area contributed by atoms with E-state index in [1.165, 1.54) is 29.5 Å². The minimum absolute atomic E-state index is 0.0129. The third-order valence-corrected chi connectivity index (χ3v) is 4.71. The van der Waals surface area contributed by atoms with Crippen LogP contribution in [0.5, 0.6) is 0 Å². The molecule has 2 aromatic carbocycles. The molecule has 1 N–H and O–H groups in total. The van der Waals surface area contributed by atoms with Gasteiger partial charge in [-0.25, -0.2) is 18.2 Å². The quantitative estimate of drug-likeness (QED) is 0.704. The van der Waals surface area contributed by atoms with Gasteiger partial charge in [-0.3, -0.25) is 4.79 Å². The predicted molar refractivity (Wildman–Crippen MR) is 94.1 cm³/mol. The maximum Gasteiger partial charge on any atom is 0.226 e. The summed E-state index contributed by atoms with van der Waals surface area (Å²) >= 11 is 1.31. The number of nitrogens with zero attached hydrogens (tertiary/aromatic N) is 1. The number of benzene rings is 2. The molecule has 3 rings (SSSR count). The Morgan fingerprint density at radius 3 is 2.65 bits per heavy atom.